The summed E-state index contributed by atoms with van der Waals surface area (Å²) in [5.41, 5.74) is -1.48. The third kappa shape index (κ3) is 4.52. The van der Waals surface area contributed by atoms with Gasteiger partial charge in [0.25, 0.3) is 5.88 Å². The highest BCUT2D eigenvalue weighted by molar-refractivity contribution is 8.00. The minimum atomic E-state index is -4.71. The van der Waals surface area contributed by atoms with Crippen molar-refractivity contribution in [3.05, 3.63) is 45.3 Å². The van der Waals surface area contributed by atoms with Gasteiger partial charge in [0.1, 0.15) is 10.8 Å². The molecular formula is C14H12ClF3N3O4S. The molecule has 0 spiro atoms. The second kappa shape index (κ2) is 8.04. The number of thioether (sulfide) groups is 1. The molecule has 0 aliphatic carbocycles. The maximum absolute atomic E-state index is 12.9. The van der Waals surface area contributed by atoms with Crippen LogP contribution in [0.5, 0.6) is 17.4 Å². The van der Waals surface area contributed by atoms with Crippen molar-refractivity contribution in [1.29, 1.82) is 0 Å². The molecule has 0 saturated heterocycles. The van der Waals surface area contributed by atoms with Crippen LogP contribution in [0.25, 0.3) is 0 Å². The van der Waals surface area contributed by atoms with E-state index in [2.05, 4.69) is 11.4 Å². The summed E-state index contributed by atoms with van der Waals surface area (Å²) < 4.78 is 49.9. The number of hydrogen-bond donors (Lipinski definition) is 0. The van der Waals surface area contributed by atoms with Crippen molar-refractivity contribution >= 4 is 29.1 Å². The van der Waals surface area contributed by atoms with Gasteiger partial charge in [-0.05, 0) is 6.07 Å². The third-order valence-corrected chi connectivity index (χ3v) is 3.85. The zero-order valence-corrected chi connectivity index (χ0v) is 14.8. The summed E-state index contributed by atoms with van der Waals surface area (Å²) in [6.45, 7) is 0.154. The van der Waals surface area contributed by atoms with E-state index in [1.165, 1.54) is 23.9 Å². The fourth-order valence-electron chi connectivity index (χ4n) is 1.99. The third-order valence-electron chi connectivity index (χ3n) is 3.06. The maximum Gasteiger partial charge on any atom is 0.434 e. The van der Waals surface area contributed by atoms with Gasteiger partial charge in [-0.1, -0.05) is 11.6 Å². The van der Waals surface area contributed by atoms with Gasteiger partial charge in [-0.2, -0.15) is 24.9 Å². The van der Waals surface area contributed by atoms with Crippen molar-refractivity contribution < 1.29 is 27.6 Å². The zero-order valence-electron chi connectivity index (χ0n) is 13.2. The predicted molar refractivity (Wildman–Crippen MR) is 89.7 cm³/mol. The monoisotopic (exact) mass is 410 g/mol. The highest BCUT2D eigenvalue weighted by Gasteiger charge is 2.39. The van der Waals surface area contributed by atoms with Crippen LogP contribution in [-0.2, 0) is 13.2 Å². The van der Waals surface area contributed by atoms with Crippen molar-refractivity contribution in [3.63, 3.8) is 0 Å². The Bertz CT molecular complexity index is 813. The quantitative estimate of drug-likeness (QED) is 0.374. The number of nitrogens with zero attached hydrogens (tertiary/aromatic N) is 3. The van der Waals surface area contributed by atoms with Gasteiger partial charge in [0.15, 0.2) is 5.69 Å². The largest absolute Gasteiger partial charge is 0.486 e. The van der Waals surface area contributed by atoms with E-state index in [1.807, 2.05) is 0 Å². The first kappa shape index (κ1) is 20.2. The average molecular weight is 411 g/mol. The second-order valence-corrected chi connectivity index (χ2v) is 6.03. The van der Waals surface area contributed by atoms with Crippen LogP contribution in [0.2, 0.25) is 5.02 Å². The van der Waals surface area contributed by atoms with Crippen molar-refractivity contribution in [2.75, 3.05) is 12.4 Å². The molecule has 12 heteroatoms. The lowest BCUT2D eigenvalue weighted by molar-refractivity contribution is -0.385. The molecule has 0 fully saturated rings. The van der Waals surface area contributed by atoms with E-state index < -0.39 is 27.7 Å². The number of nitro benzene ring substituents is 1. The van der Waals surface area contributed by atoms with E-state index in [-0.39, 0.29) is 23.8 Å². The fraction of sp³-hybridized carbons (Fsp3) is 0.286. The topological polar surface area (TPSA) is 79.4 Å². The molecule has 0 unspecified atom stereocenters. The first-order valence-electron chi connectivity index (χ1n) is 6.91. The van der Waals surface area contributed by atoms with E-state index in [0.29, 0.717) is 10.4 Å². The Kier molecular flexibility index (Phi) is 6.24. The number of aromatic nitrogens is 2. The van der Waals surface area contributed by atoms with Gasteiger partial charge in [0.2, 0.25) is 5.75 Å². The molecule has 2 rings (SSSR count). The Hall–Kier alpha value is -2.14. The first-order valence-corrected chi connectivity index (χ1v) is 8.44. The minimum absolute atomic E-state index is 0.0124. The van der Waals surface area contributed by atoms with Crippen LogP contribution in [-0.4, -0.2) is 27.1 Å². The van der Waals surface area contributed by atoms with Gasteiger partial charge in [0, 0.05) is 31.2 Å². The van der Waals surface area contributed by atoms with Crippen molar-refractivity contribution in [3.8, 4) is 17.4 Å². The van der Waals surface area contributed by atoms with E-state index in [0.717, 1.165) is 13.1 Å². The normalized spacial score (nSPS) is 11.5. The van der Waals surface area contributed by atoms with Gasteiger partial charge in [-0.25, -0.2) is 0 Å². The Labute approximate surface area is 155 Å². The number of hydrogen-bond acceptors (Lipinski definition) is 6. The number of alkyl halides is 3. The molecule has 0 bridgehead atoms. The molecule has 0 atom stereocenters. The van der Waals surface area contributed by atoms with Crippen molar-refractivity contribution in [2.45, 2.75) is 6.18 Å². The summed E-state index contributed by atoms with van der Waals surface area (Å²) in [6.07, 6.45) is -1.16. The first-order chi connectivity index (χ1) is 12.1. The number of rotatable bonds is 7. The fourth-order valence-corrected chi connectivity index (χ4v) is 2.50. The van der Waals surface area contributed by atoms with Crippen molar-refractivity contribution in [1.82, 2.24) is 9.78 Å². The molecule has 1 aromatic carbocycles. The SMILES string of the molecule is [CH2]SCCOc1cc(Oc2nn(C)c(C(F)(F)F)c2Cl)ccc1[N+](=O)[O-]. The van der Waals surface area contributed by atoms with Crippen molar-refractivity contribution in [2.24, 2.45) is 7.05 Å². The molecule has 0 N–H and O–H groups in total. The van der Waals surface area contributed by atoms with Crippen LogP contribution in [0, 0.1) is 16.4 Å². The molecule has 0 aliphatic heterocycles. The lowest BCUT2D eigenvalue weighted by Gasteiger charge is -2.09. The maximum atomic E-state index is 12.9. The number of ether oxygens (including phenoxy) is 2. The lowest BCUT2D eigenvalue weighted by Crippen LogP contribution is -2.12. The zero-order chi connectivity index (χ0) is 19.5. The molecule has 7 nitrogen and oxygen atoms in total. The number of benzene rings is 1. The van der Waals surface area contributed by atoms with E-state index in [1.54, 1.807) is 0 Å². The summed E-state index contributed by atoms with van der Waals surface area (Å²) in [5.74, 6) is -0.0932. The highest BCUT2D eigenvalue weighted by Crippen LogP contribution is 2.41. The molecule has 1 heterocycles. The second-order valence-electron chi connectivity index (χ2n) is 4.83. The average Bonchev–Trinajstić information content (AvgIpc) is 2.81. The predicted octanol–water partition coefficient (Wildman–Crippen LogP) is 4.70. The minimum Gasteiger partial charge on any atom is -0.486 e. The van der Waals surface area contributed by atoms with E-state index >= 15 is 0 Å². The molecule has 0 amide bonds. The van der Waals surface area contributed by atoms with E-state index in [9.17, 15) is 23.3 Å². The van der Waals surface area contributed by atoms with E-state index in [4.69, 9.17) is 21.1 Å². The van der Waals surface area contributed by atoms with Gasteiger partial charge in [-0.15, -0.1) is 5.10 Å². The number of halogens is 4. The molecule has 26 heavy (non-hydrogen) atoms. The van der Waals surface area contributed by atoms with Gasteiger partial charge < -0.3 is 9.47 Å². The molecule has 1 aromatic heterocycles. The van der Waals surface area contributed by atoms with Crippen LogP contribution in [0.15, 0.2) is 18.2 Å². The summed E-state index contributed by atoms with van der Waals surface area (Å²) in [7, 11) is 1.07. The summed E-state index contributed by atoms with van der Waals surface area (Å²) in [6, 6.07) is 3.51. The Morgan fingerprint density at radius 3 is 2.69 bits per heavy atom. The smallest absolute Gasteiger partial charge is 0.434 e. The molecule has 0 saturated carbocycles. The number of nitro groups is 1. The summed E-state index contributed by atoms with van der Waals surface area (Å²) >= 11 is 6.95. The van der Waals surface area contributed by atoms with Gasteiger partial charge in [-0.3, -0.25) is 14.8 Å². The highest BCUT2D eigenvalue weighted by atomic mass is 35.5. The van der Waals surface area contributed by atoms with Crippen LogP contribution in [0.3, 0.4) is 0 Å². The van der Waals surface area contributed by atoms with Crippen LogP contribution in [0.1, 0.15) is 5.69 Å². The Morgan fingerprint density at radius 1 is 1.46 bits per heavy atom. The van der Waals surface area contributed by atoms with Gasteiger partial charge in [0.05, 0.1) is 11.5 Å². The molecule has 141 valence electrons. The standard InChI is InChI=1S/C14H12ClF3N3O4S/c1-20-12(14(16,17)18)11(15)13(19-20)25-8-3-4-9(21(22)23)10(7-8)24-5-6-26-2/h3-4,7H,2,5-6H2,1H3. The van der Waals surface area contributed by atoms with Crippen LogP contribution >= 0.6 is 23.4 Å². The molecule has 2 aromatic rings. The van der Waals surface area contributed by atoms with Crippen LogP contribution < -0.4 is 9.47 Å². The number of aryl methyl sites for hydroxylation is 1. The summed E-state index contributed by atoms with van der Waals surface area (Å²) in [5, 5.41) is 13.9. The molecule has 1 radical (unpaired) electrons. The Morgan fingerprint density at radius 2 is 2.15 bits per heavy atom. The van der Waals surface area contributed by atoms with Crippen LogP contribution in [0.4, 0.5) is 18.9 Å². The molecular weight excluding hydrogens is 399 g/mol. The molecule has 0 aliphatic rings. The lowest BCUT2D eigenvalue weighted by atomic mass is 10.3. The van der Waals surface area contributed by atoms with Gasteiger partial charge >= 0.3 is 11.9 Å². The Balaban J connectivity index is 2.33. The summed E-state index contributed by atoms with van der Waals surface area (Å²) in [4.78, 5) is 10.4.